The molecule has 1 aliphatic rings. The Bertz CT molecular complexity index is 422. The number of hydrogen-bond acceptors (Lipinski definition) is 3. The molecule has 0 saturated heterocycles. The maximum atomic E-state index is 11.1. The zero-order valence-corrected chi connectivity index (χ0v) is 10.7. The van der Waals surface area contributed by atoms with Crippen molar-refractivity contribution >= 4 is 5.97 Å². The monoisotopic (exact) mass is 250 g/mol. The van der Waals surface area contributed by atoms with Gasteiger partial charge in [-0.05, 0) is 30.9 Å². The minimum atomic E-state index is -0.968. The van der Waals surface area contributed by atoms with Gasteiger partial charge in [0.15, 0.2) is 0 Å². The Labute approximate surface area is 107 Å². The Kier molecular flexibility index (Phi) is 3.75. The van der Waals surface area contributed by atoms with Crippen molar-refractivity contribution in [3.63, 3.8) is 0 Å². The molecule has 1 aromatic carbocycles. The second-order valence-electron chi connectivity index (χ2n) is 4.58. The van der Waals surface area contributed by atoms with Crippen molar-refractivity contribution in [3.05, 3.63) is 23.3 Å². The summed E-state index contributed by atoms with van der Waals surface area (Å²) in [6.45, 7) is 0. The first kappa shape index (κ1) is 12.7. The second-order valence-corrected chi connectivity index (χ2v) is 4.58. The van der Waals surface area contributed by atoms with E-state index in [1.54, 1.807) is 26.4 Å². The zero-order valence-electron chi connectivity index (χ0n) is 10.7. The summed E-state index contributed by atoms with van der Waals surface area (Å²) < 4.78 is 10.7. The number of hydrogen-bond donors (Lipinski definition) is 1. The first-order chi connectivity index (χ1) is 8.67. The quantitative estimate of drug-likeness (QED) is 0.892. The van der Waals surface area contributed by atoms with Crippen molar-refractivity contribution < 1.29 is 19.4 Å². The number of ether oxygens (including phenoxy) is 2. The van der Waals surface area contributed by atoms with Gasteiger partial charge in [0.05, 0.1) is 19.8 Å². The lowest BCUT2D eigenvalue weighted by atomic mass is 9.94. The number of carboxylic acid groups (broad SMARTS) is 1. The van der Waals surface area contributed by atoms with Gasteiger partial charge < -0.3 is 14.6 Å². The summed E-state index contributed by atoms with van der Waals surface area (Å²) in [5, 5.41) is 9.07. The third-order valence-electron chi connectivity index (χ3n) is 3.55. The summed E-state index contributed by atoms with van der Waals surface area (Å²) in [4.78, 5) is 11.1. The van der Waals surface area contributed by atoms with Gasteiger partial charge in [0.25, 0.3) is 0 Å². The maximum absolute atomic E-state index is 11.1. The first-order valence-corrected chi connectivity index (χ1v) is 6.16. The minimum Gasteiger partial charge on any atom is -0.496 e. The zero-order chi connectivity index (χ0) is 13.1. The van der Waals surface area contributed by atoms with Gasteiger partial charge in [-0.3, -0.25) is 0 Å². The number of rotatable bonds is 4. The lowest BCUT2D eigenvalue weighted by Crippen LogP contribution is -2.05. The molecule has 1 aliphatic carbocycles. The molecule has 0 spiro atoms. The van der Waals surface area contributed by atoms with E-state index in [9.17, 15) is 4.79 Å². The van der Waals surface area contributed by atoms with Crippen LogP contribution in [0.1, 0.15) is 47.5 Å². The topological polar surface area (TPSA) is 55.8 Å². The summed E-state index contributed by atoms with van der Waals surface area (Å²) in [6.07, 6.45) is 4.63. The molecule has 1 N–H and O–H groups in total. The van der Waals surface area contributed by atoms with E-state index < -0.39 is 5.97 Å². The summed E-state index contributed by atoms with van der Waals surface area (Å²) in [5.74, 6) is 0.694. The van der Waals surface area contributed by atoms with Crippen LogP contribution in [0.2, 0.25) is 0 Å². The van der Waals surface area contributed by atoms with E-state index in [1.807, 2.05) is 0 Å². The molecule has 2 rings (SSSR count). The average Bonchev–Trinajstić information content (AvgIpc) is 2.90. The van der Waals surface area contributed by atoms with E-state index in [-0.39, 0.29) is 5.56 Å². The van der Waals surface area contributed by atoms with Gasteiger partial charge in [0, 0.05) is 5.56 Å². The van der Waals surface area contributed by atoms with Gasteiger partial charge in [-0.25, -0.2) is 4.79 Å². The molecule has 0 atom stereocenters. The molecule has 4 nitrogen and oxygen atoms in total. The highest BCUT2D eigenvalue weighted by atomic mass is 16.5. The maximum Gasteiger partial charge on any atom is 0.335 e. The second kappa shape index (κ2) is 5.29. The van der Waals surface area contributed by atoms with Crippen LogP contribution >= 0.6 is 0 Å². The third-order valence-corrected chi connectivity index (χ3v) is 3.55. The van der Waals surface area contributed by atoms with Crippen LogP contribution in [-0.4, -0.2) is 25.3 Å². The molecular formula is C14H18O4. The highest BCUT2D eigenvalue weighted by Gasteiger charge is 2.25. The summed E-state index contributed by atoms with van der Waals surface area (Å²) >= 11 is 0. The van der Waals surface area contributed by atoms with Crippen molar-refractivity contribution in [2.24, 2.45) is 0 Å². The van der Waals surface area contributed by atoms with Crippen LogP contribution in [0, 0.1) is 0 Å². The molecule has 0 bridgehead atoms. The van der Waals surface area contributed by atoms with Crippen molar-refractivity contribution in [2.75, 3.05) is 14.2 Å². The molecule has 18 heavy (non-hydrogen) atoms. The summed E-state index contributed by atoms with van der Waals surface area (Å²) in [7, 11) is 3.14. The van der Waals surface area contributed by atoms with Crippen LogP contribution in [0.15, 0.2) is 12.1 Å². The van der Waals surface area contributed by atoms with Crippen LogP contribution < -0.4 is 9.47 Å². The Morgan fingerprint density at radius 2 is 1.67 bits per heavy atom. The largest absolute Gasteiger partial charge is 0.496 e. The normalized spacial score (nSPS) is 15.7. The smallest absolute Gasteiger partial charge is 0.335 e. The molecule has 98 valence electrons. The van der Waals surface area contributed by atoms with Gasteiger partial charge in [-0.1, -0.05) is 12.8 Å². The van der Waals surface area contributed by atoms with E-state index in [0.29, 0.717) is 17.4 Å². The molecule has 0 aliphatic heterocycles. The SMILES string of the molecule is COc1cc(C(=O)O)cc(OC)c1C1CCCC1. The van der Waals surface area contributed by atoms with Crippen molar-refractivity contribution in [1.29, 1.82) is 0 Å². The molecule has 1 aromatic rings. The molecule has 1 saturated carbocycles. The van der Waals surface area contributed by atoms with E-state index >= 15 is 0 Å². The van der Waals surface area contributed by atoms with Gasteiger partial charge in [-0.15, -0.1) is 0 Å². The van der Waals surface area contributed by atoms with Crippen molar-refractivity contribution in [3.8, 4) is 11.5 Å². The number of benzene rings is 1. The molecule has 1 fully saturated rings. The molecule has 0 aromatic heterocycles. The molecular weight excluding hydrogens is 232 g/mol. The Morgan fingerprint density at radius 3 is 2.06 bits per heavy atom. The van der Waals surface area contributed by atoms with Gasteiger partial charge in [-0.2, -0.15) is 0 Å². The Hall–Kier alpha value is -1.71. The minimum absolute atomic E-state index is 0.199. The van der Waals surface area contributed by atoms with Crippen molar-refractivity contribution in [2.45, 2.75) is 31.6 Å². The highest BCUT2D eigenvalue weighted by Crippen LogP contribution is 2.44. The van der Waals surface area contributed by atoms with Gasteiger partial charge >= 0.3 is 5.97 Å². The Balaban J connectivity index is 2.51. The summed E-state index contributed by atoms with van der Waals surface area (Å²) in [5.41, 5.74) is 1.22. The molecule has 0 heterocycles. The lowest BCUT2D eigenvalue weighted by molar-refractivity contribution is 0.0696. The van der Waals surface area contributed by atoms with Crippen LogP contribution in [0.5, 0.6) is 11.5 Å². The first-order valence-electron chi connectivity index (χ1n) is 6.16. The predicted molar refractivity (Wildman–Crippen MR) is 67.7 cm³/mol. The third kappa shape index (κ3) is 2.28. The highest BCUT2D eigenvalue weighted by molar-refractivity contribution is 5.89. The van der Waals surface area contributed by atoms with E-state index in [1.165, 1.54) is 12.8 Å². The van der Waals surface area contributed by atoms with Gasteiger partial charge in [0.2, 0.25) is 0 Å². The van der Waals surface area contributed by atoms with Crippen LogP contribution in [0.4, 0.5) is 0 Å². The lowest BCUT2D eigenvalue weighted by Gasteiger charge is -2.18. The average molecular weight is 250 g/mol. The fraction of sp³-hybridized carbons (Fsp3) is 0.500. The molecule has 0 amide bonds. The molecule has 4 heteroatoms. The van der Waals surface area contributed by atoms with Crippen LogP contribution in [-0.2, 0) is 0 Å². The van der Waals surface area contributed by atoms with Crippen LogP contribution in [0.25, 0.3) is 0 Å². The van der Waals surface area contributed by atoms with E-state index in [2.05, 4.69) is 0 Å². The number of carboxylic acids is 1. The van der Waals surface area contributed by atoms with E-state index in [4.69, 9.17) is 14.6 Å². The standard InChI is InChI=1S/C14H18O4/c1-17-11-7-10(14(15)16)8-12(18-2)13(11)9-5-3-4-6-9/h7-9H,3-6H2,1-2H3,(H,15,16). The fourth-order valence-corrected chi connectivity index (χ4v) is 2.68. The predicted octanol–water partition coefficient (Wildman–Crippen LogP) is 3.06. The fourth-order valence-electron chi connectivity index (χ4n) is 2.68. The summed E-state index contributed by atoms with van der Waals surface area (Å²) in [6, 6.07) is 3.16. The Morgan fingerprint density at radius 1 is 1.17 bits per heavy atom. The van der Waals surface area contributed by atoms with Gasteiger partial charge in [0.1, 0.15) is 11.5 Å². The molecule has 0 radical (unpaired) electrons. The van der Waals surface area contributed by atoms with Crippen molar-refractivity contribution in [1.82, 2.24) is 0 Å². The number of aromatic carboxylic acids is 1. The number of methoxy groups -OCH3 is 2. The van der Waals surface area contributed by atoms with Crippen LogP contribution in [0.3, 0.4) is 0 Å². The van der Waals surface area contributed by atoms with E-state index in [0.717, 1.165) is 18.4 Å². The number of carbonyl (C=O) groups is 1. The molecule has 0 unspecified atom stereocenters.